The van der Waals surface area contributed by atoms with Crippen molar-refractivity contribution in [1.82, 2.24) is 20.2 Å². The lowest BCUT2D eigenvalue weighted by molar-refractivity contribution is -0.117. The summed E-state index contributed by atoms with van der Waals surface area (Å²) in [5.74, 6) is 3.59. The third kappa shape index (κ3) is 6.96. The molecule has 2 fully saturated rings. The van der Waals surface area contributed by atoms with Crippen LogP contribution in [0.1, 0.15) is 32.5 Å². The summed E-state index contributed by atoms with van der Waals surface area (Å²) in [6.07, 6.45) is 1.73. The zero-order valence-electron chi connectivity index (χ0n) is 22.5. The first-order valence-corrected chi connectivity index (χ1v) is 13.4. The van der Waals surface area contributed by atoms with Crippen LogP contribution in [0.2, 0.25) is 5.02 Å². The van der Waals surface area contributed by atoms with E-state index in [1.54, 1.807) is 7.11 Å². The molecule has 0 radical (unpaired) electrons. The first kappa shape index (κ1) is 28.1. The standard InChI is InChI=1S/C15H15ClN6O.C11H13NO2.C2H6/c1-8-17-14(12(16)15(18-8)22-6-9(23)7-22)19-13-10-4-2-3-5-11(10)20-21-13;1-14-10-6-4-9(5-7-10)12-11(13)8-2-3-8;1-2/h2-5,9,23H,6-7H2,1H3,(H2,17,18,19,20,21);4-8H,2-3H2,1H3,(H,12,13);1-2H3. The van der Waals surface area contributed by atoms with Crippen molar-refractivity contribution in [2.24, 2.45) is 5.92 Å². The summed E-state index contributed by atoms with van der Waals surface area (Å²) in [5, 5.41) is 24.1. The molecule has 39 heavy (non-hydrogen) atoms. The number of amides is 1. The fourth-order valence-corrected chi connectivity index (χ4v) is 4.15. The van der Waals surface area contributed by atoms with Crippen LogP contribution in [0, 0.1) is 12.8 Å². The van der Waals surface area contributed by atoms with Crippen molar-refractivity contribution in [2.75, 3.05) is 35.7 Å². The van der Waals surface area contributed by atoms with Crippen LogP contribution in [0.15, 0.2) is 48.5 Å². The monoisotopic (exact) mass is 551 g/mol. The van der Waals surface area contributed by atoms with Crippen molar-refractivity contribution in [3.05, 3.63) is 59.4 Å². The third-order valence-corrected chi connectivity index (χ3v) is 6.47. The van der Waals surface area contributed by atoms with Crippen LogP contribution in [0.3, 0.4) is 0 Å². The van der Waals surface area contributed by atoms with E-state index < -0.39 is 0 Å². The van der Waals surface area contributed by atoms with Crippen LogP contribution in [-0.2, 0) is 4.79 Å². The number of aryl methyl sites for hydroxylation is 1. The summed E-state index contributed by atoms with van der Waals surface area (Å²) < 4.78 is 5.02. The van der Waals surface area contributed by atoms with Crippen molar-refractivity contribution in [3.8, 4) is 5.75 Å². The first-order chi connectivity index (χ1) is 18.9. The number of anilines is 4. The third-order valence-electron chi connectivity index (χ3n) is 6.12. The Morgan fingerprint density at radius 1 is 1.08 bits per heavy atom. The van der Waals surface area contributed by atoms with Gasteiger partial charge in [0.1, 0.15) is 16.6 Å². The van der Waals surface area contributed by atoms with E-state index in [1.165, 1.54) is 0 Å². The van der Waals surface area contributed by atoms with Gasteiger partial charge in [0.25, 0.3) is 0 Å². The van der Waals surface area contributed by atoms with Gasteiger partial charge in [0.05, 0.1) is 18.7 Å². The number of nitrogens with zero attached hydrogens (tertiary/aromatic N) is 4. The van der Waals surface area contributed by atoms with Gasteiger partial charge in [-0.15, -0.1) is 0 Å². The van der Waals surface area contributed by atoms with Gasteiger partial charge in [0.15, 0.2) is 17.5 Å². The summed E-state index contributed by atoms with van der Waals surface area (Å²) in [7, 11) is 1.62. The first-order valence-electron chi connectivity index (χ1n) is 13.0. The Hall–Kier alpha value is -3.89. The fourth-order valence-electron chi connectivity index (χ4n) is 3.90. The van der Waals surface area contributed by atoms with Gasteiger partial charge in [-0.1, -0.05) is 37.6 Å². The highest BCUT2D eigenvalue weighted by atomic mass is 35.5. The van der Waals surface area contributed by atoms with Crippen LogP contribution in [-0.4, -0.2) is 57.5 Å². The number of rotatable bonds is 6. The van der Waals surface area contributed by atoms with Gasteiger partial charge in [0.2, 0.25) is 5.91 Å². The quantitative estimate of drug-likeness (QED) is 0.254. The Bertz CT molecular complexity index is 1400. The van der Waals surface area contributed by atoms with E-state index in [9.17, 15) is 9.90 Å². The zero-order valence-corrected chi connectivity index (χ0v) is 23.3. The summed E-state index contributed by atoms with van der Waals surface area (Å²) in [5.41, 5.74) is 1.77. The minimum absolute atomic E-state index is 0.134. The Balaban J connectivity index is 0.000000189. The van der Waals surface area contributed by atoms with Gasteiger partial charge in [-0.05, 0) is 56.2 Å². The Labute approximate surface area is 232 Å². The molecule has 0 bridgehead atoms. The molecule has 1 aliphatic heterocycles. The number of fused-ring (bicyclic) bond motifs is 1. The Morgan fingerprint density at radius 2 is 1.77 bits per heavy atom. The number of H-pyrrole nitrogens is 1. The van der Waals surface area contributed by atoms with Crippen molar-refractivity contribution in [3.63, 3.8) is 0 Å². The minimum Gasteiger partial charge on any atom is -0.497 e. The van der Waals surface area contributed by atoms with E-state index in [2.05, 4.69) is 30.8 Å². The van der Waals surface area contributed by atoms with Crippen LogP contribution in [0.5, 0.6) is 5.75 Å². The van der Waals surface area contributed by atoms with Crippen molar-refractivity contribution in [2.45, 2.75) is 39.7 Å². The molecule has 206 valence electrons. The molecule has 1 saturated heterocycles. The SMILES string of the molecule is CC.COc1ccc(NC(=O)C2CC2)cc1.Cc1nc(Nc2n[nH]c3ccccc23)c(Cl)c(N2CC(O)C2)n1. The summed E-state index contributed by atoms with van der Waals surface area (Å²) in [4.78, 5) is 22.1. The highest BCUT2D eigenvalue weighted by Crippen LogP contribution is 2.35. The van der Waals surface area contributed by atoms with E-state index >= 15 is 0 Å². The smallest absolute Gasteiger partial charge is 0.227 e. The van der Waals surface area contributed by atoms with Gasteiger partial charge in [0, 0.05) is 30.1 Å². The second-order valence-electron chi connectivity index (χ2n) is 9.05. The molecule has 0 spiro atoms. The molecule has 1 aliphatic carbocycles. The lowest BCUT2D eigenvalue weighted by atomic mass is 10.2. The topological polar surface area (TPSA) is 128 Å². The van der Waals surface area contributed by atoms with E-state index in [0.717, 1.165) is 35.2 Å². The molecule has 10 nitrogen and oxygen atoms in total. The molecule has 2 aromatic carbocycles. The van der Waals surface area contributed by atoms with Crippen molar-refractivity contribution in [1.29, 1.82) is 0 Å². The van der Waals surface area contributed by atoms with Crippen LogP contribution in [0.4, 0.5) is 23.1 Å². The van der Waals surface area contributed by atoms with E-state index in [0.29, 0.717) is 41.4 Å². The molecule has 0 unspecified atom stereocenters. The summed E-state index contributed by atoms with van der Waals surface area (Å²) in [6.45, 7) is 6.87. The highest BCUT2D eigenvalue weighted by Gasteiger charge is 2.30. The number of hydrogen-bond donors (Lipinski definition) is 4. The van der Waals surface area contributed by atoms with Crippen molar-refractivity contribution < 1.29 is 14.6 Å². The lowest BCUT2D eigenvalue weighted by Crippen LogP contribution is -2.51. The summed E-state index contributed by atoms with van der Waals surface area (Å²) >= 11 is 6.46. The number of aliphatic hydroxyl groups excluding tert-OH is 1. The molecule has 3 heterocycles. The molecule has 1 saturated carbocycles. The highest BCUT2D eigenvalue weighted by molar-refractivity contribution is 6.35. The van der Waals surface area contributed by atoms with Crippen molar-refractivity contribution >= 4 is 51.6 Å². The number of carbonyl (C=O) groups excluding carboxylic acids is 1. The number of aliphatic hydroxyl groups is 1. The van der Waals surface area contributed by atoms with Gasteiger partial charge < -0.3 is 25.4 Å². The molecule has 4 N–H and O–H groups in total. The second kappa shape index (κ2) is 12.8. The number of benzene rings is 2. The lowest BCUT2D eigenvalue weighted by Gasteiger charge is -2.37. The maximum atomic E-state index is 11.4. The normalized spacial score (nSPS) is 14.4. The fraction of sp³-hybridized carbons (Fsp3) is 0.357. The predicted molar refractivity (Wildman–Crippen MR) is 155 cm³/mol. The average molecular weight is 552 g/mol. The maximum absolute atomic E-state index is 11.4. The molecule has 11 heteroatoms. The number of aromatic nitrogens is 4. The number of ether oxygens (including phenoxy) is 1. The van der Waals surface area contributed by atoms with Crippen LogP contribution >= 0.6 is 11.6 Å². The molecule has 2 aliphatic rings. The Kier molecular flexibility index (Phi) is 9.21. The van der Waals surface area contributed by atoms with Gasteiger partial charge in [-0.25, -0.2) is 9.97 Å². The molecule has 6 rings (SSSR count). The molecular weight excluding hydrogens is 518 g/mol. The molecule has 2 aromatic heterocycles. The van der Waals surface area contributed by atoms with E-state index in [1.807, 2.05) is 74.2 Å². The number of nitrogens with one attached hydrogen (secondary N) is 3. The Morgan fingerprint density at radius 3 is 2.41 bits per heavy atom. The summed E-state index contributed by atoms with van der Waals surface area (Å²) in [6, 6.07) is 15.2. The number of aromatic amines is 1. The van der Waals surface area contributed by atoms with Gasteiger partial charge >= 0.3 is 0 Å². The average Bonchev–Trinajstić information content (AvgIpc) is 3.72. The van der Waals surface area contributed by atoms with Crippen LogP contribution < -0.4 is 20.3 Å². The number of hydrogen-bond acceptors (Lipinski definition) is 8. The molecule has 4 aromatic rings. The molecular formula is C28H34ClN7O3. The largest absolute Gasteiger partial charge is 0.497 e. The van der Waals surface area contributed by atoms with E-state index in [4.69, 9.17) is 16.3 Å². The molecule has 0 atom stereocenters. The van der Waals surface area contributed by atoms with Gasteiger partial charge in [-0.3, -0.25) is 9.89 Å². The molecule has 1 amide bonds. The van der Waals surface area contributed by atoms with E-state index in [-0.39, 0.29) is 17.9 Å². The maximum Gasteiger partial charge on any atom is 0.227 e. The second-order valence-corrected chi connectivity index (χ2v) is 9.43. The number of carbonyl (C=O) groups is 1. The van der Waals surface area contributed by atoms with Gasteiger partial charge in [-0.2, -0.15) is 5.10 Å². The number of β-amino-alcohol motifs (C(OH)–C–C–N with tert-alkyl or cyclic N) is 1. The minimum atomic E-state index is -0.326. The number of methoxy groups -OCH3 is 1. The van der Waals surface area contributed by atoms with Crippen LogP contribution in [0.25, 0.3) is 10.9 Å². The number of halogens is 1. The number of para-hydroxylation sites is 1. The zero-order chi connectivity index (χ0) is 27.9. The predicted octanol–water partition coefficient (Wildman–Crippen LogP) is 5.31.